The molecule has 0 aliphatic rings. The second-order valence-corrected chi connectivity index (χ2v) is 5.05. The van der Waals surface area contributed by atoms with Gasteiger partial charge in [0.2, 0.25) is 0 Å². The summed E-state index contributed by atoms with van der Waals surface area (Å²) in [5.74, 6) is 5.94. The molecule has 0 radical (unpaired) electrons. The summed E-state index contributed by atoms with van der Waals surface area (Å²) in [4.78, 5) is 22.9. The van der Waals surface area contributed by atoms with Crippen LogP contribution in [0.1, 0.15) is 56.1 Å². The van der Waals surface area contributed by atoms with Gasteiger partial charge in [-0.3, -0.25) is 9.59 Å². The number of Topliss-reactive ketones (excluding diaryl/α,β-unsaturated/α-hetero) is 1. The highest BCUT2D eigenvalue weighted by molar-refractivity contribution is 5.95. The number of esters is 1. The maximum atomic E-state index is 11.6. The highest BCUT2D eigenvalue weighted by atomic mass is 16.5. The molecule has 1 atom stereocenters. The van der Waals surface area contributed by atoms with Gasteiger partial charge in [0.1, 0.15) is 0 Å². The van der Waals surface area contributed by atoms with Crippen molar-refractivity contribution < 1.29 is 14.3 Å². The average molecular weight is 272 g/mol. The standard InChI is InChI=1S/C17H20O3/c1-12(2)8-7-11-17(20-14(4)19)16-10-6-5-9-15(16)13(3)18/h5-6,9-10,12,17H,8H2,1-4H3. The molecule has 0 saturated carbocycles. The lowest BCUT2D eigenvalue weighted by Gasteiger charge is -2.14. The fraction of sp³-hybridized carbons (Fsp3) is 0.412. The monoisotopic (exact) mass is 272 g/mol. The number of carbonyl (C=O) groups excluding carboxylic acids is 2. The number of ketones is 1. The predicted octanol–water partition coefficient (Wildman–Crippen LogP) is 3.54. The maximum absolute atomic E-state index is 11.6. The van der Waals surface area contributed by atoms with E-state index in [4.69, 9.17) is 4.74 Å². The van der Waals surface area contributed by atoms with Crippen LogP contribution in [0.3, 0.4) is 0 Å². The molecule has 20 heavy (non-hydrogen) atoms. The zero-order valence-corrected chi connectivity index (χ0v) is 12.4. The van der Waals surface area contributed by atoms with Crippen LogP contribution in [0.25, 0.3) is 0 Å². The van der Waals surface area contributed by atoms with Crippen LogP contribution < -0.4 is 0 Å². The minimum absolute atomic E-state index is 0.0663. The summed E-state index contributed by atoms with van der Waals surface area (Å²) in [7, 11) is 0. The summed E-state index contributed by atoms with van der Waals surface area (Å²) in [6, 6.07) is 7.09. The van der Waals surface area contributed by atoms with E-state index in [1.54, 1.807) is 18.2 Å². The van der Waals surface area contributed by atoms with Crippen molar-refractivity contribution in [2.24, 2.45) is 5.92 Å². The Morgan fingerprint density at radius 2 is 1.85 bits per heavy atom. The van der Waals surface area contributed by atoms with E-state index in [0.717, 1.165) is 6.42 Å². The van der Waals surface area contributed by atoms with E-state index in [-0.39, 0.29) is 5.78 Å². The van der Waals surface area contributed by atoms with Gasteiger partial charge in [0.15, 0.2) is 11.9 Å². The molecule has 0 heterocycles. The van der Waals surface area contributed by atoms with Crippen LogP contribution in [0.4, 0.5) is 0 Å². The molecule has 1 aromatic rings. The predicted molar refractivity (Wildman–Crippen MR) is 78.2 cm³/mol. The second kappa shape index (κ2) is 7.49. The van der Waals surface area contributed by atoms with Crippen molar-refractivity contribution in [3.8, 4) is 11.8 Å². The molecule has 0 aliphatic carbocycles. The number of benzene rings is 1. The fourth-order valence-electron chi connectivity index (χ4n) is 1.74. The summed E-state index contributed by atoms with van der Waals surface area (Å²) in [6.45, 7) is 6.97. The van der Waals surface area contributed by atoms with Gasteiger partial charge < -0.3 is 4.74 Å². The molecule has 0 bridgehead atoms. The molecule has 3 heteroatoms. The molecular weight excluding hydrogens is 252 g/mol. The molecule has 0 aliphatic heterocycles. The number of ether oxygens (including phenoxy) is 1. The van der Waals surface area contributed by atoms with E-state index in [9.17, 15) is 9.59 Å². The van der Waals surface area contributed by atoms with E-state index in [0.29, 0.717) is 17.0 Å². The van der Waals surface area contributed by atoms with Gasteiger partial charge in [-0.2, -0.15) is 0 Å². The normalized spacial score (nSPS) is 11.4. The molecule has 3 nitrogen and oxygen atoms in total. The Morgan fingerprint density at radius 1 is 1.20 bits per heavy atom. The molecule has 0 saturated heterocycles. The lowest BCUT2D eigenvalue weighted by Crippen LogP contribution is -2.11. The first-order valence-corrected chi connectivity index (χ1v) is 6.67. The second-order valence-electron chi connectivity index (χ2n) is 5.05. The fourth-order valence-corrected chi connectivity index (χ4v) is 1.74. The summed E-state index contributed by atoms with van der Waals surface area (Å²) >= 11 is 0. The topological polar surface area (TPSA) is 43.4 Å². The van der Waals surface area contributed by atoms with Gasteiger partial charge in [-0.15, -0.1) is 0 Å². The Bertz CT molecular complexity index is 547. The molecule has 0 amide bonds. The molecule has 1 unspecified atom stereocenters. The number of carbonyl (C=O) groups is 2. The van der Waals surface area contributed by atoms with Crippen molar-refractivity contribution in [1.82, 2.24) is 0 Å². The summed E-state index contributed by atoms with van der Waals surface area (Å²) < 4.78 is 5.24. The summed E-state index contributed by atoms with van der Waals surface area (Å²) in [5.41, 5.74) is 1.18. The first kappa shape index (κ1) is 16.0. The Hall–Kier alpha value is -2.08. The zero-order valence-electron chi connectivity index (χ0n) is 12.4. The summed E-state index contributed by atoms with van der Waals surface area (Å²) in [5, 5.41) is 0. The van der Waals surface area contributed by atoms with Gasteiger partial charge in [-0.1, -0.05) is 50.0 Å². The number of hydrogen-bond donors (Lipinski definition) is 0. The van der Waals surface area contributed by atoms with Crippen LogP contribution in [0.2, 0.25) is 0 Å². The average Bonchev–Trinajstić information content (AvgIpc) is 2.36. The van der Waals surface area contributed by atoms with E-state index in [2.05, 4.69) is 25.7 Å². The molecule has 106 valence electrons. The van der Waals surface area contributed by atoms with Crippen LogP contribution in [-0.4, -0.2) is 11.8 Å². The molecule has 0 fully saturated rings. The third kappa shape index (κ3) is 4.89. The van der Waals surface area contributed by atoms with E-state index >= 15 is 0 Å². The highest BCUT2D eigenvalue weighted by Gasteiger charge is 2.17. The lowest BCUT2D eigenvalue weighted by molar-refractivity contribution is -0.144. The molecule has 1 rings (SSSR count). The van der Waals surface area contributed by atoms with Gasteiger partial charge in [-0.05, 0) is 12.8 Å². The van der Waals surface area contributed by atoms with Crippen molar-refractivity contribution >= 4 is 11.8 Å². The molecule has 0 N–H and O–H groups in total. The molecular formula is C17H20O3. The molecule has 0 aromatic heterocycles. The van der Waals surface area contributed by atoms with Crippen LogP contribution in [0.15, 0.2) is 24.3 Å². The maximum Gasteiger partial charge on any atom is 0.304 e. The van der Waals surface area contributed by atoms with Gasteiger partial charge in [0, 0.05) is 24.5 Å². The molecule has 1 aromatic carbocycles. The third-order valence-electron chi connectivity index (χ3n) is 2.65. The third-order valence-corrected chi connectivity index (χ3v) is 2.65. The summed E-state index contributed by atoms with van der Waals surface area (Å²) in [6.07, 6.45) is 0.0337. The quantitative estimate of drug-likeness (QED) is 0.478. The Morgan fingerprint density at radius 3 is 2.40 bits per heavy atom. The lowest BCUT2D eigenvalue weighted by atomic mass is 9.99. The van der Waals surface area contributed by atoms with Crippen LogP contribution in [0, 0.1) is 17.8 Å². The van der Waals surface area contributed by atoms with Crippen molar-refractivity contribution in [3.63, 3.8) is 0 Å². The van der Waals surface area contributed by atoms with E-state index in [1.165, 1.54) is 13.8 Å². The van der Waals surface area contributed by atoms with Gasteiger partial charge >= 0.3 is 5.97 Å². The van der Waals surface area contributed by atoms with Crippen LogP contribution in [-0.2, 0) is 9.53 Å². The minimum atomic E-state index is -0.689. The SMILES string of the molecule is CC(=O)OC(C#CCC(C)C)c1ccccc1C(C)=O. The van der Waals surface area contributed by atoms with Crippen LogP contribution in [0.5, 0.6) is 0 Å². The van der Waals surface area contributed by atoms with Crippen molar-refractivity contribution in [2.45, 2.75) is 40.2 Å². The molecule has 0 spiro atoms. The first-order chi connectivity index (χ1) is 9.41. The zero-order chi connectivity index (χ0) is 15.1. The van der Waals surface area contributed by atoms with E-state index < -0.39 is 12.1 Å². The van der Waals surface area contributed by atoms with Crippen molar-refractivity contribution in [2.75, 3.05) is 0 Å². The number of rotatable bonds is 4. The first-order valence-electron chi connectivity index (χ1n) is 6.67. The van der Waals surface area contributed by atoms with Gasteiger partial charge in [0.05, 0.1) is 0 Å². The highest BCUT2D eigenvalue weighted by Crippen LogP contribution is 2.22. The van der Waals surface area contributed by atoms with Crippen molar-refractivity contribution in [3.05, 3.63) is 35.4 Å². The van der Waals surface area contributed by atoms with Crippen molar-refractivity contribution in [1.29, 1.82) is 0 Å². The Labute approximate surface area is 120 Å². The smallest absolute Gasteiger partial charge is 0.304 e. The number of hydrogen-bond acceptors (Lipinski definition) is 3. The minimum Gasteiger partial charge on any atom is -0.444 e. The van der Waals surface area contributed by atoms with Gasteiger partial charge in [-0.25, -0.2) is 0 Å². The van der Waals surface area contributed by atoms with Gasteiger partial charge in [0.25, 0.3) is 0 Å². The van der Waals surface area contributed by atoms with E-state index in [1.807, 2.05) is 6.07 Å². The Kier molecular flexibility index (Phi) is 5.99. The largest absolute Gasteiger partial charge is 0.444 e. The Balaban J connectivity index is 3.12. The van der Waals surface area contributed by atoms with Crippen LogP contribution >= 0.6 is 0 Å².